The van der Waals surface area contributed by atoms with Gasteiger partial charge in [-0.05, 0) is 29.8 Å². The molecular formula is C15H15N5O3. The number of hydrogen-bond acceptors (Lipinski definition) is 5. The first kappa shape index (κ1) is 14.6. The summed E-state index contributed by atoms with van der Waals surface area (Å²) in [6.45, 7) is 0. The zero-order valence-corrected chi connectivity index (χ0v) is 12.6. The molecule has 0 spiro atoms. The number of urea groups is 1. The summed E-state index contributed by atoms with van der Waals surface area (Å²) in [5.41, 5.74) is 7.50. The molecule has 0 saturated heterocycles. The van der Waals surface area contributed by atoms with Crippen LogP contribution < -0.4 is 20.5 Å². The minimum Gasteiger partial charge on any atom is -0.493 e. The first-order chi connectivity index (χ1) is 11.1. The largest absolute Gasteiger partial charge is 0.493 e. The van der Waals surface area contributed by atoms with Gasteiger partial charge in [-0.2, -0.15) is 4.98 Å². The number of ether oxygens (including phenoxy) is 2. The van der Waals surface area contributed by atoms with Gasteiger partial charge in [0.2, 0.25) is 0 Å². The van der Waals surface area contributed by atoms with Gasteiger partial charge in [0.15, 0.2) is 17.1 Å². The zero-order valence-electron chi connectivity index (χ0n) is 12.6. The summed E-state index contributed by atoms with van der Waals surface area (Å²) in [5.74, 6) is 1.45. The van der Waals surface area contributed by atoms with E-state index in [2.05, 4.69) is 15.4 Å². The van der Waals surface area contributed by atoms with E-state index in [-0.39, 0.29) is 5.95 Å². The highest BCUT2D eigenvalue weighted by Crippen LogP contribution is 2.32. The van der Waals surface area contributed by atoms with Crippen LogP contribution in [0.1, 0.15) is 0 Å². The summed E-state index contributed by atoms with van der Waals surface area (Å²) in [5, 5.41) is 6.50. The number of benzene rings is 1. The van der Waals surface area contributed by atoms with Gasteiger partial charge in [-0.1, -0.05) is 6.07 Å². The second-order valence-electron chi connectivity index (χ2n) is 4.71. The summed E-state index contributed by atoms with van der Waals surface area (Å²) < 4.78 is 12.1. The van der Waals surface area contributed by atoms with Crippen molar-refractivity contribution in [2.45, 2.75) is 0 Å². The Balaban J connectivity index is 2.01. The molecule has 0 saturated carbocycles. The molecular weight excluding hydrogens is 298 g/mol. The van der Waals surface area contributed by atoms with Crippen LogP contribution in [0.2, 0.25) is 0 Å². The Labute approximate surface area is 131 Å². The summed E-state index contributed by atoms with van der Waals surface area (Å²) in [6, 6.07) is 8.62. The molecule has 3 aromatic rings. The molecule has 0 unspecified atom stereocenters. The molecule has 2 amide bonds. The van der Waals surface area contributed by atoms with Crippen LogP contribution in [0.3, 0.4) is 0 Å². The number of fused-ring (bicyclic) bond motifs is 1. The first-order valence-corrected chi connectivity index (χ1v) is 6.76. The number of rotatable bonds is 4. The molecule has 0 aliphatic carbocycles. The van der Waals surface area contributed by atoms with Gasteiger partial charge < -0.3 is 15.2 Å². The number of carbonyl (C=O) groups is 1. The Morgan fingerprint density at radius 3 is 2.57 bits per heavy atom. The van der Waals surface area contributed by atoms with E-state index >= 15 is 0 Å². The van der Waals surface area contributed by atoms with E-state index in [1.165, 1.54) is 0 Å². The maximum Gasteiger partial charge on any atom is 0.319 e. The number of primary amides is 1. The van der Waals surface area contributed by atoms with Crippen molar-refractivity contribution in [3.8, 4) is 22.6 Å². The van der Waals surface area contributed by atoms with Crippen molar-refractivity contribution >= 4 is 17.6 Å². The Hall–Kier alpha value is -3.29. The lowest BCUT2D eigenvalue weighted by molar-refractivity contribution is 0.259. The van der Waals surface area contributed by atoms with E-state index in [9.17, 15) is 4.79 Å². The molecule has 23 heavy (non-hydrogen) atoms. The summed E-state index contributed by atoms with van der Waals surface area (Å²) in [7, 11) is 3.18. The number of carbonyl (C=O) groups excluding carboxylic acids is 1. The molecule has 2 heterocycles. The van der Waals surface area contributed by atoms with Crippen molar-refractivity contribution in [2.75, 3.05) is 19.5 Å². The summed E-state index contributed by atoms with van der Waals surface area (Å²) >= 11 is 0. The van der Waals surface area contributed by atoms with Crippen LogP contribution in [0.5, 0.6) is 11.5 Å². The van der Waals surface area contributed by atoms with E-state index < -0.39 is 6.03 Å². The first-order valence-electron chi connectivity index (χ1n) is 6.76. The van der Waals surface area contributed by atoms with Gasteiger partial charge in [-0.25, -0.2) is 9.31 Å². The minimum absolute atomic E-state index is 0.155. The molecule has 8 heteroatoms. The molecule has 3 N–H and O–H groups in total. The van der Waals surface area contributed by atoms with E-state index in [1.807, 2.05) is 24.3 Å². The predicted octanol–water partition coefficient (Wildman–Crippen LogP) is 1.90. The molecule has 8 nitrogen and oxygen atoms in total. The lowest BCUT2D eigenvalue weighted by Gasteiger charge is -2.09. The normalized spacial score (nSPS) is 10.5. The number of anilines is 1. The lowest BCUT2D eigenvalue weighted by Crippen LogP contribution is -2.20. The van der Waals surface area contributed by atoms with E-state index in [1.54, 1.807) is 31.0 Å². The average molecular weight is 313 g/mol. The van der Waals surface area contributed by atoms with Crippen molar-refractivity contribution < 1.29 is 14.3 Å². The summed E-state index contributed by atoms with van der Waals surface area (Å²) in [6.07, 6.45) is 1.80. The van der Waals surface area contributed by atoms with Crippen LogP contribution in [0, 0.1) is 0 Å². The predicted molar refractivity (Wildman–Crippen MR) is 84.7 cm³/mol. The highest BCUT2D eigenvalue weighted by molar-refractivity contribution is 5.86. The fraction of sp³-hybridized carbons (Fsp3) is 0.133. The number of hydrogen-bond donors (Lipinski definition) is 2. The Morgan fingerprint density at radius 1 is 1.13 bits per heavy atom. The molecule has 0 aliphatic rings. The topological polar surface area (TPSA) is 104 Å². The third-order valence-corrected chi connectivity index (χ3v) is 3.28. The number of amides is 2. The van der Waals surface area contributed by atoms with Crippen molar-refractivity contribution in [3.63, 3.8) is 0 Å². The fourth-order valence-electron chi connectivity index (χ4n) is 2.23. The molecule has 3 rings (SSSR count). The number of methoxy groups -OCH3 is 2. The third kappa shape index (κ3) is 2.86. The maximum absolute atomic E-state index is 10.9. The Bertz CT molecular complexity index is 875. The van der Waals surface area contributed by atoms with E-state index in [4.69, 9.17) is 15.2 Å². The number of nitrogens with zero attached hydrogens (tertiary/aromatic N) is 3. The second kappa shape index (κ2) is 5.84. The van der Waals surface area contributed by atoms with E-state index in [0.29, 0.717) is 17.1 Å². The van der Waals surface area contributed by atoms with Crippen LogP contribution in [0.15, 0.2) is 36.5 Å². The number of nitrogens with two attached hydrogens (primary N) is 1. The lowest BCUT2D eigenvalue weighted by atomic mass is 10.1. The Morgan fingerprint density at radius 2 is 1.87 bits per heavy atom. The van der Waals surface area contributed by atoms with Gasteiger partial charge in [0.25, 0.3) is 5.95 Å². The number of aromatic nitrogens is 3. The molecule has 0 bridgehead atoms. The number of pyridine rings is 1. The SMILES string of the molecule is COc1ccc(-c2ccc3nc(NC(N)=O)nn3c2)cc1OC. The van der Waals surface area contributed by atoms with Crippen LogP contribution in [0.4, 0.5) is 10.7 Å². The molecule has 0 aliphatic heterocycles. The molecule has 0 atom stereocenters. The summed E-state index contributed by atoms with van der Waals surface area (Å²) in [4.78, 5) is 15.0. The van der Waals surface area contributed by atoms with Crippen molar-refractivity contribution in [1.82, 2.24) is 14.6 Å². The second-order valence-corrected chi connectivity index (χ2v) is 4.71. The van der Waals surface area contributed by atoms with E-state index in [0.717, 1.165) is 11.1 Å². The van der Waals surface area contributed by atoms with Crippen molar-refractivity contribution in [3.05, 3.63) is 36.5 Å². The third-order valence-electron chi connectivity index (χ3n) is 3.28. The van der Waals surface area contributed by atoms with Gasteiger partial charge in [0.1, 0.15) is 0 Å². The highest BCUT2D eigenvalue weighted by Gasteiger charge is 2.09. The smallest absolute Gasteiger partial charge is 0.319 e. The molecule has 118 valence electrons. The van der Waals surface area contributed by atoms with Gasteiger partial charge in [0.05, 0.1) is 14.2 Å². The molecule has 2 aromatic heterocycles. The van der Waals surface area contributed by atoms with Gasteiger partial charge in [-0.15, -0.1) is 5.10 Å². The van der Waals surface area contributed by atoms with Crippen molar-refractivity contribution in [2.24, 2.45) is 5.73 Å². The average Bonchev–Trinajstić information content (AvgIpc) is 2.94. The van der Waals surface area contributed by atoms with Crippen LogP contribution in [-0.4, -0.2) is 34.8 Å². The standard InChI is InChI=1S/C15H15N5O3/c1-22-11-5-3-9(7-12(11)23-2)10-4-6-13-17-15(18-14(16)21)19-20(13)8-10/h3-8H,1-2H3,(H3,16,18,19,21). The number of nitrogens with one attached hydrogen (secondary N) is 1. The molecule has 0 fully saturated rings. The quantitative estimate of drug-likeness (QED) is 0.765. The Kier molecular flexibility index (Phi) is 3.71. The molecule has 1 aromatic carbocycles. The maximum atomic E-state index is 10.9. The molecule has 0 radical (unpaired) electrons. The van der Waals surface area contributed by atoms with Crippen molar-refractivity contribution in [1.29, 1.82) is 0 Å². The van der Waals surface area contributed by atoms with Gasteiger partial charge in [-0.3, -0.25) is 5.32 Å². The monoisotopic (exact) mass is 313 g/mol. The van der Waals surface area contributed by atoms with Crippen LogP contribution in [-0.2, 0) is 0 Å². The highest BCUT2D eigenvalue weighted by atomic mass is 16.5. The van der Waals surface area contributed by atoms with Crippen LogP contribution >= 0.6 is 0 Å². The minimum atomic E-state index is -0.707. The van der Waals surface area contributed by atoms with Gasteiger partial charge >= 0.3 is 6.03 Å². The van der Waals surface area contributed by atoms with Crippen LogP contribution in [0.25, 0.3) is 16.8 Å². The van der Waals surface area contributed by atoms with Gasteiger partial charge in [0, 0.05) is 11.8 Å². The fourth-order valence-corrected chi connectivity index (χ4v) is 2.23. The zero-order chi connectivity index (χ0) is 16.4.